The van der Waals surface area contributed by atoms with Crippen LogP contribution in [0, 0.1) is 5.92 Å². The first kappa shape index (κ1) is 17.6. The van der Waals surface area contributed by atoms with Crippen molar-refractivity contribution in [3.8, 4) is 11.1 Å². The predicted molar refractivity (Wildman–Crippen MR) is 106 cm³/mol. The highest BCUT2D eigenvalue weighted by atomic mass is 35.5. The van der Waals surface area contributed by atoms with Crippen molar-refractivity contribution in [3.63, 3.8) is 0 Å². The summed E-state index contributed by atoms with van der Waals surface area (Å²) in [7, 11) is 0. The average Bonchev–Trinajstić information content (AvgIpc) is 3.46. The molecule has 0 aromatic heterocycles. The summed E-state index contributed by atoms with van der Waals surface area (Å²) in [5.41, 5.74) is 9.49. The third-order valence-electron chi connectivity index (χ3n) is 5.72. The number of carbonyl (C=O) groups excluding carboxylic acids is 1. The summed E-state index contributed by atoms with van der Waals surface area (Å²) in [5.74, 6) is 0.706. The van der Waals surface area contributed by atoms with Gasteiger partial charge in [0.2, 0.25) is 5.91 Å². The van der Waals surface area contributed by atoms with Crippen LogP contribution in [0.4, 0.5) is 0 Å². The van der Waals surface area contributed by atoms with Crippen LogP contribution in [-0.2, 0) is 4.79 Å². The van der Waals surface area contributed by atoms with Crippen LogP contribution in [0.15, 0.2) is 48.5 Å². The van der Waals surface area contributed by atoms with Crippen LogP contribution < -0.4 is 5.73 Å². The molecule has 1 heterocycles. The van der Waals surface area contributed by atoms with Crippen molar-refractivity contribution < 1.29 is 4.79 Å². The van der Waals surface area contributed by atoms with Gasteiger partial charge in [-0.25, -0.2) is 0 Å². The molecule has 3 unspecified atom stereocenters. The van der Waals surface area contributed by atoms with Crippen molar-refractivity contribution >= 4 is 17.5 Å². The molecule has 2 N–H and O–H groups in total. The Morgan fingerprint density at radius 2 is 1.73 bits per heavy atom. The van der Waals surface area contributed by atoms with Gasteiger partial charge in [-0.05, 0) is 48.8 Å². The summed E-state index contributed by atoms with van der Waals surface area (Å²) in [6.45, 7) is 1.65. The molecule has 1 aliphatic heterocycles. The van der Waals surface area contributed by atoms with Gasteiger partial charge in [-0.3, -0.25) is 4.79 Å². The summed E-state index contributed by atoms with van der Waals surface area (Å²) >= 11 is 6.42. The molecule has 1 saturated heterocycles. The Kier molecular flexibility index (Phi) is 5.01. The van der Waals surface area contributed by atoms with Crippen molar-refractivity contribution in [1.82, 2.24) is 4.90 Å². The van der Waals surface area contributed by atoms with E-state index in [0.717, 1.165) is 54.9 Å². The van der Waals surface area contributed by atoms with Crippen LogP contribution >= 0.6 is 11.6 Å². The number of halogens is 1. The van der Waals surface area contributed by atoms with Crippen LogP contribution in [0.2, 0.25) is 5.02 Å². The molecule has 2 aromatic carbocycles. The van der Waals surface area contributed by atoms with E-state index in [4.69, 9.17) is 17.3 Å². The first-order valence-corrected chi connectivity index (χ1v) is 9.91. The normalized spacial score (nSPS) is 25.6. The van der Waals surface area contributed by atoms with E-state index in [-0.39, 0.29) is 12.0 Å². The van der Waals surface area contributed by atoms with Gasteiger partial charge in [0.25, 0.3) is 0 Å². The third-order valence-corrected chi connectivity index (χ3v) is 6.05. The van der Waals surface area contributed by atoms with Crippen molar-refractivity contribution in [2.45, 2.75) is 37.6 Å². The molecular weight excluding hydrogens is 344 g/mol. The summed E-state index contributed by atoms with van der Waals surface area (Å²) in [6.07, 6.45) is 3.88. The fourth-order valence-electron chi connectivity index (χ4n) is 4.13. The van der Waals surface area contributed by atoms with E-state index >= 15 is 0 Å². The molecule has 2 aliphatic rings. The van der Waals surface area contributed by atoms with Crippen molar-refractivity contribution in [1.29, 1.82) is 0 Å². The summed E-state index contributed by atoms with van der Waals surface area (Å²) in [5, 5.41) is 0.755. The summed E-state index contributed by atoms with van der Waals surface area (Å²) < 4.78 is 0. The monoisotopic (exact) mass is 368 g/mol. The average molecular weight is 369 g/mol. The van der Waals surface area contributed by atoms with Crippen LogP contribution in [0.25, 0.3) is 11.1 Å². The fourth-order valence-corrected chi connectivity index (χ4v) is 4.37. The molecule has 3 atom stereocenters. The van der Waals surface area contributed by atoms with Gasteiger partial charge in [0.1, 0.15) is 0 Å². The minimum atomic E-state index is 0.105. The van der Waals surface area contributed by atoms with E-state index in [1.54, 1.807) is 0 Å². The van der Waals surface area contributed by atoms with Gasteiger partial charge in [0.15, 0.2) is 0 Å². The van der Waals surface area contributed by atoms with Crippen LogP contribution in [0.5, 0.6) is 0 Å². The topological polar surface area (TPSA) is 46.3 Å². The molecule has 1 amide bonds. The van der Waals surface area contributed by atoms with Crippen LogP contribution in [-0.4, -0.2) is 29.9 Å². The first-order valence-electron chi connectivity index (χ1n) is 9.53. The minimum absolute atomic E-state index is 0.105. The SMILES string of the molecule is NC1CCCN(C(=O)C2CC2c2ccccc2-c2ccccc2Cl)CC1. The smallest absolute Gasteiger partial charge is 0.226 e. The molecule has 1 aliphatic carbocycles. The molecule has 4 heteroatoms. The van der Waals surface area contributed by atoms with Gasteiger partial charge >= 0.3 is 0 Å². The maximum atomic E-state index is 13.0. The Bertz CT molecular complexity index is 806. The summed E-state index contributed by atoms with van der Waals surface area (Å²) in [6, 6.07) is 16.5. The maximum absolute atomic E-state index is 13.0. The van der Waals surface area contributed by atoms with Gasteiger partial charge in [0.05, 0.1) is 0 Å². The van der Waals surface area contributed by atoms with E-state index in [1.165, 1.54) is 5.56 Å². The minimum Gasteiger partial charge on any atom is -0.342 e. The number of rotatable bonds is 3. The highest BCUT2D eigenvalue weighted by Gasteiger charge is 2.46. The van der Waals surface area contributed by atoms with Gasteiger partial charge in [0, 0.05) is 35.6 Å². The molecular formula is C22H25ClN2O. The van der Waals surface area contributed by atoms with Gasteiger partial charge in [-0.2, -0.15) is 0 Å². The van der Waals surface area contributed by atoms with Crippen LogP contribution in [0.1, 0.15) is 37.2 Å². The van der Waals surface area contributed by atoms with Gasteiger partial charge in [-0.15, -0.1) is 0 Å². The lowest BCUT2D eigenvalue weighted by molar-refractivity contribution is -0.132. The standard InChI is InChI=1S/C22H25ClN2O/c23-21-10-4-3-9-18(21)16-7-1-2-8-17(16)19-14-20(19)22(26)25-12-5-6-15(24)11-13-25/h1-4,7-10,15,19-20H,5-6,11-14,24H2. The molecule has 136 valence electrons. The zero-order chi connectivity index (χ0) is 18.1. The van der Waals surface area contributed by atoms with Crippen LogP contribution in [0.3, 0.4) is 0 Å². The van der Waals surface area contributed by atoms with Crippen molar-refractivity contribution in [2.24, 2.45) is 11.7 Å². The number of amides is 1. The van der Waals surface area contributed by atoms with E-state index in [0.29, 0.717) is 11.8 Å². The molecule has 0 bridgehead atoms. The van der Waals surface area contributed by atoms with Crippen molar-refractivity contribution in [3.05, 3.63) is 59.1 Å². The molecule has 1 saturated carbocycles. The second-order valence-corrected chi connectivity index (χ2v) is 7.94. The van der Waals surface area contributed by atoms with E-state index in [2.05, 4.69) is 24.3 Å². The molecule has 0 spiro atoms. The quantitative estimate of drug-likeness (QED) is 0.869. The Labute approximate surface area is 160 Å². The summed E-state index contributed by atoms with van der Waals surface area (Å²) in [4.78, 5) is 15.0. The maximum Gasteiger partial charge on any atom is 0.226 e. The van der Waals surface area contributed by atoms with Gasteiger partial charge < -0.3 is 10.6 Å². The number of carbonyl (C=O) groups is 1. The first-order chi connectivity index (χ1) is 12.6. The van der Waals surface area contributed by atoms with Crippen molar-refractivity contribution in [2.75, 3.05) is 13.1 Å². The zero-order valence-corrected chi connectivity index (χ0v) is 15.7. The Balaban J connectivity index is 1.54. The number of hydrogen-bond acceptors (Lipinski definition) is 2. The highest BCUT2D eigenvalue weighted by molar-refractivity contribution is 6.33. The highest BCUT2D eigenvalue weighted by Crippen LogP contribution is 2.51. The van der Waals surface area contributed by atoms with E-state index in [1.807, 2.05) is 29.2 Å². The molecule has 26 heavy (non-hydrogen) atoms. The Morgan fingerprint density at radius 1 is 1.00 bits per heavy atom. The molecule has 3 nitrogen and oxygen atoms in total. The lowest BCUT2D eigenvalue weighted by Crippen LogP contribution is -2.34. The Hall–Kier alpha value is -1.84. The lowest BCUT2D eigenvalue weighted by Gasteiger charge is -2.21. The number of hydrogen-bond donors (Lipinski definition) is 1. The van der Waals surface area contributed by atoms with Gasteiger partial charge in [-0.1, -0.05) is 54.1 Å². The van der Waals surface area contributed by atoms with E-state index in [9.17, 15) is 4.79 Å². The molecule has 4 rings (SSSR count). The Morgan fingerprint density at radius 3 is 2.54 bits per heavy atom. The second-order valence-electron chi connectivity index (χ2n) is 7.53. The van der Waals surface area contributed by atoms with E-state index < -0.39 is 0 Å². The number of nitrogens with zero attached hydrogens (tertiary/aromatic N) is 1. The molecule has 2 aromatic rings. The lowest BCUT2D eigenvalue weighted by atomic mass is 9.96. The predicted octanol–water partition coefficient (Wildman–Crippen LogP) is 4.45. The third kappa shape index (κ3) is 3.51. The fraction of sp³-hybridized carbons (Fsp3) is 0.409. The number of nitrogens with two attached hydrogens (primary N) is 1. The largest absolute Gasteiger partial charge is 0.342 e. The number of likely N-dealkylation sites (tertiary alicyclic amines) is 1. The zero-order valence-electron chi connectivity index (χ0n) is 14.9. The molecule has 0 radical (unpaired) electrons. The number of benzene rings is 2. The molecule has 2 fully saturated rings. The second kappa shape index (κ2) is 7.42.